The lowest BCUT2D eigenvalue weighted by Crippen LogP contribution is -2.36. The topological polar surface area (TPSA) is 109 Å². The van der Waals surface area contributed by atoms with Crippen LogP contribution in [0.1, 0.15) is 0 Å². The second-order valence-corrected chi connectivity index (χ2v) is 3.08. The van der Waals surface area contributed by atoms with Gasteiger partial charge in [0, 0.05) is 6.07 Å². The molecule has 16 heavy (non-hydrogen) atoms. The van der Waals surface area contributed by atoms with Crippen LogP contribution in [0.3, 0.4) is 0 Å². The van der Waals surface area contributed by atoms with Crippen LogP contribution in [0.2, 0.25) is 0 Å². The number of nitrogen functional groups attached to an aromatic ring is 1. The highest BCUT2D eigenvalue weighted by atomic mass is 16.9. The average Bonchev–Trinajstić information content (AvgIpc) is 2.70. The van der Waals surface area contributed by atoms with E-state index in [-0.39, 0.29) is 19.0 Å². The van der Waals surface area contributed by atoms with E-state index in [0.29, 0.717) is 0 Å². The van der Waals surface area contributed by atoms with Gasteiger partial charge in [-0.1, -0.05) is 0 Å². The summed E-state index contributed by atoms with van der Waals surface area (Å²) < 4.78 is 11.0. The lowest BCUT2D eigenvalue weighted by Gasteiger charge is -2.12. The molecule has 1 aromatic rings. The average molecular weight is 229 g/mol. The SMILES string of the molecule is Nc1ccn(O[C@H]2CO[C@@H](CO)O2)c(=O)n1. The molecule has 0 unspecified atom stereocenters. The first-order valence-electron chi connectivity index (χ1n) is 4.59. The predicted octanol–water partition coefficient (Wildman–Crippen LogP) is -2.05. The molecular weight excluding hydrogens is 218 g/mol. The fourth-order valence-corrected chi connectivity index (χ4v) is 1.20. The van der Waals surface area contributed by atoms with Crippen LogP contribution in [0.5, 0.6) is 0 Å². The zero-order valence-corrected chi connectivity index (χ0v) is 8.28. The maximum Gasteiger partial charge on any atom is 0.382 e. The minimum absolute atomic E-state index is 0.113. The van der Waals surface area contributed by atoms with E-state index >= 15 is 0 Å². The van der Waals surface area contributed by atoms with Crippen LogP contribution in [0.25, 0.3) is 0 Å². The number of aromatic nitrogens is 2. The maximum atomic E-state index is 11.3. The number of anilines is 1. The number of nitrogens with two attached hydrogens (primary N) is 1. The fraction of sp³-hybridized carbons (Fsp3) is 0.500. The van der Waals surface area contributed by atoms with E-state index in [0.717, 1.165) is 4.73 Å². The number of nitrogens with zero attached hydrogens (tertiary/aromatic N) is 2. The van der Waals surface area contributed by atoms with Gasteiger partial charge in [-0.2, -0.15) is 4.98 Å². The van der Waals surface area contributed by atoms with E-state index < -0.39 is 18.3 Å². The summed E-state index contributed by atoms with van der Waals surface area (Å²) in [7, 11) is 0. The van der Waals surface area contributed by atoms with Crippen LogP contribution in [-0.4, -0.2) is 40.6 Å². The molecule has 1 aromatic heterocycles. The van der Waals surface area contributed by atoms with Crippen molar-refractivity contribution in [3.63, 3.8) is 0 Å². The number of hydrogen-bond donors (Lipinski definition) is 2. The molecule has 0 amide bonds. The number of aliphatic hydroxyl groups is 1. The van der Waals surface area contributed by atoms with Crippen molar-refractivity contribution in [3.8, 4) is 0 Å². The second-order valence-electron chi connectivity index (χ2n) is 3.08. The Kier molecular flexibility index (Phi) is 3.04. The molecule has 8 heteroatoms. The number of hydrogen-bond acceptors (Lipinski definition) is 7. The highest BCUT2D eigenvalue weighted by Crippen LogP contribution is 2.09. The Morgan fingerprint density at radius 2 is 2.56 bits per heavy atom. The van der Waals surface area contributed by atoms with Gasteiger partial charge < -0.3 is 25.2 Å². The first kappa shape index (κ1) is 10.9. The van der Waals surface area contributed by atoms with Crippen molar-refractivity contribution in [2.45, 2.75) is 12.6 Å². The molecule has 0 saturated carbocycles. The lowest BCUT2D eigenvalue weighted by molar-refractivity contribution is -0.159. The van der Waals surface area contributed by atoms with Crippen LogP contribution in [0.15, 0.2) is 17.1 Å². The zero-order valence-electron chi connectivity index (χ0n) is 8.28. The zero-order chi connectivity index (χ0) is 11.5. The Morgan fingerprint density at radius 3 is 3.19 bits per heavy atom. The summed E-state index contributed by atoms with van der Waals surface area (Å²) in [5, 5.41) is 8.74. The molecule has 0 radical (unpaired) electrons. The van der Waals surface area contributed by atoms with Crippen LogP contribution < -0.4 is 16.3 Å². The summed E-state index contributed by atoms with van der Waals surface area (Å²) in [6.45, 7) is -0.142. The van der Waals surface area contributed by atoms with Crippen LogP contribution >= 0.6 is 0 Å². The minimum atomic E-state index is -0.750. The second kappa shape index (κ2) is 4.47. The summed E-state index contributed by atoms with van der Waals surface area (Å²) >= 11 is 0. The number of aliphatic hydroxyl groups excluding tert-OH is 1. The van der Waals surface area contributed by atoms with Crippen molar-refractivity contribution in [1.29, 1.82) is 0 Å². The molecule has 0 spiro atoms. The monoisotopic (exact) mass is 229 g/mol. The molecule has 3 N–H and O–H groups in total. The van der Waals surface area contributed by atoms with Gasteiger partial charge in [0.05, 0.1) is 12.8 Å². The molecular formula is C8H11N3O5. The third-order valence-electron chi connectivity index (χ3n) is 1.90. The quantitative estimate of drug-likeness (QED) is 0.613. The van der Waals surface area contributed by atoms with Gasteiger partial charge in [-0.15, -0.1) is 4.73 Å². The normalized spacial score (nSPS) is 24.6. The maximum absolute atomic E-state index is 11.3. The van der Waals surface area contributed by atoms with Crippen LogP contribution in [0, 0.1) is 0 Å². The molecule has 88 valence electrons. The van der Waals surface area contributed by atoms with Crippen molar-refractivity contribution < 1.29 is 19.4 Å². The summed E-state index contributed by atoms with van der Waals surface area (Å²) in [6.07, 6.45) is -0.136. The van der Waals surface area contributed by atoms with Crippen molar-refractivity contribution in [2.24, 2.45) is 0 Å². The summed E-state index contributed by atoms with van der Waals surface area (Å²) in [4.78, 5) is 19.9. The van der Waals surface area contributed by atoms with E-state index in [9.17, 15) is 4.79 Å². The molecule has 0 bridgehead atoms. The standard InChI is InChI=1S/C8H11N3O5/c9-5-1-2-11(8(13)10-5)16-7-4-14-6(3-12)15-7/h1-2,6-7,12H,3-4H2,(H2,9,10,13)/t6-,7+/m1/s1. The van der Waals surface area contributed by atoms with E-state index in [1.807, 2.05) is 0 Å². The predicted molar refractivity (Wildman–Crippen MR) is 51.2 cm³/mol. The Morgan fingerprint density at radius 1 is 1.75 bits per heavy atom. The third kappa shape index (κ3) is 2.30. The smallest absolute Gasteiger partial charge is 0.382 e. The molecule has 2 heterocycles. The molecule has 1 fully saturated rings. The fourth-order valence-electron chi connectivity index (χ4n) is 1.20. The molecule has 0 aliphatic carbocycles. The number of ether oxygens (including phenoxy) is 2. The van der Waals surface area contributed by atoms with Gasteiger partial charge in [0.15, 0.2) is 6.29 Å². The molecule has 0 aromatic carbocycles. The Hall–Kier alpha value is -1.64. The Bertz CT molecular complexity index is 420. The van der Waals surface area contributed by atoms with Crippen LogP contribution in [0.4, 0.5) is 5.82 Å². The first-order chi connectivity index (χ1) is 7.69. The third-order valence-corrected chi connectivity index (χ3v) is 1.90. The van der Waals surface area contributed by atoms with Crippen molar-refractivity contribution >= 4 is 5.82 Å². The van der Waals surface area contributed by atoms with E-state index in [4.69, 9.17) is 25.2 Å². The van der Waals surface area contributed by atoms with E-state index in [1.165, 1.54) is 12.3 Å². The van der Waals surface area contributed by atoms with E-state index in [2.05, 4.69) is 4.98 Å². The van der Waals surface area contributed by atoms with E-state index in [1.54, 1.807) is 0 Å². The summed E-state index contributed by atoms with van der Waals surface area (Å²) in [6, 6.07) is 1.42. The van der Waals surface area contributed by atoms with Crippen molar-refractivity contribution in [3.05, 3.63) is 22.7 Å². The molecule has 2 atom stereocenters. The summed E-state index contributed by atoms with van der Waals surface area (Å²) in [5.41, 5.74) is 4.67. The molecule has 1 aliphatic heterocycles. The van der Waals surface area contributed by atoms with Crippen molar-refractivity contribution in [2.75, 3.05) is 18.9 Å². The van der Waals surface area contributed by atoms with Gasteiger partial charge in [0.2, 0.25) is 0 Å². The van der Waals surface area contributed by atoms with Crippen LogP contribution in [-0.2, 0) is 9.47 Å². The van der Waals surface area contributed by atoms with Gasteiger partial charge in [-0.3, -0.25) is 0 Å². The van der Waals surface area contributed by atoms with Gasteiger partial charge in [0.1, 0.15) is 12.4 Å². The number of rotatable bonds is 3. The first-order valence-corrected chi connectivity index (χ1v) is 4.59. The largest absolute Gasteiger partial charge is 0.391 e. The minimum Gasteiger partial charge on any atom is -0.391 e. The van der Waals surface area contributed by atoms with Gasteiger partial charge in [-0.05, 0) is 0 Å². The van der Waals surface area contributed by atoms with Gasteiger partial charge in [-0.25, -0.2) is 4.79 Å². The Balaban J connectivity index is 2.02. The highest BCUT2D eigenvalue weighted by molar-refractivity contribution is 5.23. The highest BCUT2D eigenvalue weighted by Gasteiger charge is 2.27. The lowest BCUT2D eigenvalue weighted by atomic mass is 10.6. The molecule has 1 saturated heterocycles. The Labute approximate surface area is 90.1 Å². The molecule has 1 aliphatic rings. The van der Waals surface area contributed by atoms with Gasteiger partial charge in [0.25, 0.3) is 6.29 Å². The summed E-state index contributed by atoms with van der Waals surface area (Å²) in [5.74, 6) is 0.113. The van der Waals surface area contributed by atoms with Gasteiger partial charge >= 0.3 is 5.69 Å². The van der Waals surface area contributed by atoms with Crippen molar-refractivity contribution in [1.82, 2.24) is 9.71 Å². The molecule has 2 rings (SSSR count). The molecule has 8 nitrogen and oxygen atoms in total.